The van der Waals surface area contributed by atoms with Crippen molar-refractivity contribution in [3.05, 3.63) is 38.3 Å². The lowest BCUT2D eigenvalue weighted by Gasteiger charge is -1.99. The number of hydrogen-bond donors (Lipinski definition) is 0. The maximum Gasteiger partial charge on any atom is 0.288 e. The molecule has 0 radical (unpaired) electrons. The van der Waals surface area contributed by atoms with Crippen LogP contribution in [0, 0.1) is 13.8 Å². The lowest BCUT2D eigenvalue weighted by molar-refractivity contribution is 0.0946. The summed E-state index contributed by atoms with van der Waals surface area (Å²) in [5, 5.41) is 6.08. The van der Waals surface area contributed by atoms with Gasteiger partial charge in [-0.2, -0.15) is 9.78 Å². The highest BCUT2D eigenvalue weighted by Crippen LogP contribution is 2.21. The topological polar surface area (TPSA) is 34.9 Å². The number of hydrogen-bond acceptors (Lipinski definition) is 3. The van der Waals surface area contributed by atoms with E-state index in [-0.39, 0.29) is 5.91 Å². The quantitative estimate of drug-likeness (QED) is 0.807. The fourth-order valence-electron chi connectivity index (χ4n) is 1.33. The van der Waals surface area contributed by atoms with Gasteiger partial charge in [0.15, 0.2) is 0 Å². The predicted octanol–water partition coefficient (Wildman–Crippen LogP) is 3.01. The van der Waals surface area contributed by atoms with E-state index in [0.717, 1.165) is 15.9 Å². The van der Waals surface area contributed by atoms with Crippen LogP contribution in [-0.4, -0.2) is 15.7 Å². The molecule has 0 saturated carbocycles. The molecule has 15 heavy (non-hydrogen) atoms. The van der Waals surface area contributed by atoms with Crippen LogP contribution < -0.4 is 0 Å². The van der Waals surface area contributed by atoms with Crippen LogP contribution in [0.2, 0.25) is 0 Å². The van der Waals surface area contributed by atoms with E-state index in [1.54, 1.807) is 6.07 Å². The number of halogens is 1. The Labute approximate surface area is 99.9 Å². The Balaban J connectivity index is 2.47. The molecule has 0 aliphatic heterocycles. The molecule has 0 aliphatic rings. The molecule has 2 aromatic heterocycles. The van der Waals surface area contributed by atoms with Gasteiger partial charge < -0.3 is 0 Å². The fraction of sp³-hybridized carbons (Fsp3) is 0.200. The summed E-state index contributed by atoms with van der Waals surface area (Å²) in [6.07, 6.45) is 0. The maximum atomic E-state index is 12.0. The number of nitrogens with zero attached hydrogens (tertiary/aromatic N) is 2. The molecule has 2 aromatic rings. The number of carbonyl (C=O) groups excluding carboxylic acids is 1. The van der Waals surface area contributed by atoms with Crippen LogP contribution in [0.15, 0.2) is 22.0 Å². The number of aryl methyl sites for hydroxylation is 1. The van der Waals surface area contributed by atoms with Gasteiger partial charge in [-0.25, -0.2) is 0 Å². The second-order valence-electron chi connectivity index (χ2n) is 3.18. The molecule has 5 heteroatoms. The van der Waals surface area contributed by atoms with Crippen LogP contribution in [-0.2, 0) is 0 Å². The largest absolute Gasteiger partial charge is 0.288 e. The van der Waals surface area contributed by atoms with E-state index in [0.29, 0.717) is 4.88 Å². The molecule has 0 spiro atoms. The number of carbonyl (C=O) groups is 1. The smallest absolute Gasteiger partial charge is 0.266 e. The van der Waals surface area contributed by atoms with Gasteiger partial charge in [0, 0.05) is 0 Å². The van der Waals surface area contributed by atoms with Crippen molar-refractivity contribution in [2.45, 2.75) is 13.8 Å². The summed E-state index contributed by atoms with van der Waals surface area (Å²) in [4.78, 5) is 12.7. The first kappa shape index (κ1) is 10.6. The predicted molar refractivity (Wildman–Crippen MR) is 63.4 cm³/mol. The van der Waals surface area contributed by atoms with Crippen LogP contribution in [0.1, 0.15) is 21.1 Å². The number of thiophene rings is 1. The van der Waals surface area contributed by atoms with E-state index in [9.17, 15) is 4.79 Å². The van der Waals surface area contributed by atoms with E-state index in [1.807, 2.05) is 25.3 Å². The average Bonchev–Trinajstić information content (AvgIpc) is 2.82. The molecule has 0 amide bonds. The van der Waals surface area contributed by atoms with Crippen molar-refractivity contribution in [2.75, 3.05) is 0 Å². The normalized spacial score (nSPS) is 10.6. The van der Waals surface area contributed by atoms with Crippen molar-refractivity contribution in [3.63, 3.8) is 0 Å². The highest BCUT2D eigenvalue weighted by atomic mass is 79.9. The lowest BCUT2D eigenvalue weighted by atomic mass is 10.4. The highest BCUT2D eigenvalue weighted by Gasteiger charge is 2.16. The summed E-state index contributed by atoms with van der Waals surface area (Å²) >= 11 is 4.82. The van der Waals surface area contributed by atoms with Crippen LogP contribution in [0.5, 0.6) is 0 Å². The Kier molecular flexibility index (Phi) is 2.75. The van der Waals surface area contributed by atoms with Crippen molar-refractivity contribution in [1.82, 2.24) is 9.78 Å². The van der Waals surface area contributed by atoms with Crippen LogP contribution in [0.25, 0.3) is 0 Å². The van der Waals surface area contributed by atoms with E-state index in [4.69, 9.17) is 0 Å². The first-order valence-electron chi connectivity index (χ1n) is 4.41. The van der Waals surface area contributed by atoms with Gasteiger partial charge in [-0.15, -0.1) is 11.3 Å². The summed E-state index contributed by atoms with van der Waals surface area (Å²) in [5.74, 6) is -0.0729. The zero-order valence-corrected chi connectivity index (χ0v) is 10.7. The summed E-state index contributed by atoms with van der Waals surface area (Å²) < 4.78 is 2.33. The van der Waals surface area contributed by atoms with Crippen LogP contribution in [0.3, 0.4) is 0 Å². The van der Waals surface area contributed by atoms with Gasteiger partial charge in [0.2, 0.25) is 0 Å². The standard InChI is InChI=1S/C10H9BrN2OS/c1-6-9(11)7(2)13(12-6)10(14)8-4-3-5-15-8/h3-5H,1-2H3. The third-order valence-corrected chi connectivity index (χ3v) is 4.13. The van der Waals surface area contributed by atoms with Crippen molar-refractivity contribution in [3.8, 4) is 0 Å². The Hall–Kier alpha value is -0.940. The van der Waals surface area contributed by atoms with Gasteiger partial charge >= 0.3 is 0 Å². The summed E-state index contributed by atoms with van der Waals surface area (Å²) in [7, 11) is 0. The van der Waals surface area contributed by atoms with Crippen molar-refractivity contribution in [1.29, 1.82) is 0 Å². The third kappa shape index (κ3) is 1.77. The number of aromatic nitrogens is 2. The Morgan fingerprint density at radius 2 is 2.27 bits per heavy atom. The van der Waals surface area contributed by atoms with E-state index >= 15 is 0 Å². The van der Waals surface area contributed by atoms with Gasteiger partial charge in [-0.3, -0.25) is 4.79 Å². The molecule has 3 nitrogen and oxygen atoms in total. The van der Waals surface area contributed by atoms with Crippen LogP contribution in [0.4, 0.5) is 0 Å². The Bertz CT molecular complexity index is 502. The maximum absolute atomic E-state index is 12.0. The monoisotopic (exact) mass is 284 g/mol. The van der Waals surface area contributed by atoms with E-state index in [1.165, 1.54) is 16.0 Å². The molecule has 2 rings (SSSR count). The van der Waals surface area contributed by atoms with Crippen molar-refractivity contribution >= 4 is 33.2 Å². The van der Waals surface area contributed by atoms with E-state index < -0.39 is 0 Å². The van der Waals surface area contributed by atoms with Crippen LogP contribution >= 0.6 is 27.3 Å². The lowest BCUT2D eigenvalue weighted by Crippen LogP contribution is -2.13. The van der Waals surface area contributed by atoms with Gasteiger partial charge in [0.05, 0.1) is 20.7 Å². The Morgan fingerprint density at radius 1 is 1.53 bits per heavy atom. The average molecular weight is 285 g/mol. The molecule has 0 N–H and O–H groups in total. The zero-order chi connectivity index (χ0) is 11.0. The molecule has 0 fully saturated rings. The molecular formula is C10H9BrN2OS. The van der Waals surface area contributed by atoms with Gasteiger partial charge in [0.25, 0.3) is 5.91 Å². The zero-order valence-electron chi connectivity index (χ0n) is 8.32. The first-order valence-corrected chi connectivity index (χ1v) is 6.08. The minimum atomic E-state index is -0.0729. The SMILES string of the molecule is Cc1nn(C(=O)c2cccs2)c(C)c1Br. The molecule has 0 unspecified atom stereocenters. The second-order valence-corrected chi connectivity index (χ2v) is 4.92. The Morgan fingerprint density at radius 3 is 2.73 bits per heavy atom. The third-order valence-electron chi connectivity index (χ3n) is 2.13. The van der Waals surface area contributed by atoms with Crippen molar-refractivity contribution < 1.29 is 4.79 Å². The molecule has 0 bridgehead atoms. The van der Waals surface area contributed by atoms with Gasteiger partial charge in [-0.1, -0.05) is 6.07 Å². The van der Waals surface area contributed by atoms with E-state index in [2.05, 4.69) is 21.0 Å². The molecule has 0 saturated heterocycles. The summed E-state index contributed by atoms with van der Waals surface area (Å²) in [6, 6.07) is 3.66. The fourth-order valence-corrected chi connectivity index (χ4v) is 2.22. The summed E-state index contributed by atoms with van der Waals surface area (Å²) in [6.45, 7) is 3.74. The molecule has 0 aromatic carbocycles. The second kappa shape index (κ2) is 3.90. The highest BCUT2D eigenvalue weighted by molar-refractivity contribution is 9.10. The molecule has 0 atom stereocenters. The molecule has 0 aliphatic carbocycles. The van der Waals surface area contributed by atoms with Gasteiger partial charge in [-0.05, 0) is 41.2 Å². The first-order chi connectivity index (χ1) is 7.11. The number of rotatable bonds is 1. The van der Waals surface area contributed by atoms with Crippen molar-refractivity contribution in [2.24, 2.45) is 0 Å². The minimum absolute atomic E-state index is 0.0729. The minimum Gasteiger partial charge on any atom is -0.266 e. The molecule has 2 heterocycles. The molecular weight excluding hydrogens is 276 g/mol. The summed E-state index contributed by atoms with van der Waals surface area (Å²) in [5.41, 5.74) is 1.67. The molecule has 78 valence electrons. The van der Waals surface area contributed by atoms with Gasteiger partial charge in [0.1, 0.15) is 0 Å².